The first-order valence-corrected chi connectivity index (χ1v) is 7.57. The smallest absolute Gasteiger partial charge is 0.368 e. The number of aryl methyl sites for hydroxylation is 2. The Morgan fingerprint density at radius 3 is 2.56 bits per heavy atom. The van der Waals surface area contributed by atoms with Crippen molar-refractivity contribution in [1.82, 2.24) is 14.5 Å². The van der Waals surface area contributed by atoms with Gasteiger partial charge >= 0.3 is 6.18 Å². The molecular weight excluding hydrogens is 333 g/mol. The number of nitrogens with two attached hydrogens (primary N) is 1. The molecule has 1 aromatic carbocycles. The molecule has 25 heavy (non-hydrogen) atoms. The van der Waals surface area contributed by atoms with E-state index in [1.54, 1.807) is 13.8 Å². The van der Waals surface area contributed by atoms with Gasteiger partial charge in [0.05, 0.1) is 11.3 Å². The first-order chi connectivity index (χ1) is 11.7. The van der Waals surface area contributed by atoms with Crippen LogP contribution in [0.5, 0.6) is 0 Å². The molecule has 2 N–H and O–H groups in total. The lowest BCUT2D eigenvalue weighted by atomic mass is 10.0. The van der Waals surface area contributed by atoms with Crippen LogP contribution < -0.4 is 11.3 Å². The summed E-state index contributed by atoms with van der Waals surface area (Å²) in [6.45, 7) is 3.77. The molecule has 0 saturated heterocycles. The van der Waals surface area contributed by atoms with Crippen LogP contribution in [0.3, 0.4) is 0 Å². The Bertz CT molecular complexity index is 1020. The summed E-state index contributed by atoms with van der Waals surface area (Å²) in [6, 6.07) is 6.22. The number of anilines is 1. The number of benzene rings is 1. The first kappa shape index (κ1) is 16.9. The number of hydrogen-bond acceptors (Lipinski definition) is 4. The normalized spacial score (nSPS) is 11.9. The van der Waals surface area contributed by atoms with Crippen molar-refractivity contribution in [1.29, 1.82) is 0 Å². The number of fused-ring (bicyclic) bond motifs is 1. The van der Waals surface area contributed by atoms with Crippen LogP contribution in [0.2, 0.25) is 0 Å². The minimum Gasteiger partial charge on any atom is -0.368 e. The van der Waals surface area contributed by atoms with Crippen LogP contribution in [0.15, 0.2) is 35.1 Å². The van der Waals surface area contributed by atoms with Crippen molar-refractivity contribution in [2.75, 3.05) is 5.73 Å². The number of aromatic nitrogens is 3. The van der Waals surface area contributed by atoms with Gasteiger partial charge in [0.15, 0.2) is 0 Å². The average Bonchev–Trinajstić information content (AvgIpc) is 2.53. The van der Waals surface area contributed by atoms with E-state index in [-0.39, 0.29) is 17.1 Å². The van der Waals surface area contributed by atoms with Crippen LogP contribution >= 0.6 is 0 Å². The Kier molecular flexibility index (Phi) is 3.98. The van der Waals surface area contributed by atoms with Crippen molar-refractivity contribution in [3.05, 3.63) is 51.9 Å². The van der Waals surface area contributed by atoms with Crippen molar-refractivity contribution in [3.8, 4) is 11.1 Å². The summed E-state index contributed by atoms with van der Waals surface area (Å²) in [5, 5.41) is 0.572. The molecule has 3 aromatic rings. The van der Waals surface area contributed by atoms with Gasteiger partial charge in [-0.15, -0.1) is 0 Å². The second-order valence-electron chi connectivity index (χ2n) is 5.59. The molecule has 0 aliphatic rings. The predicted molar refractivity (Wildman–Crippen MR) is 89.1 cm³/mol. The molecule has 0 spiro atoms. The van der Waals surface area contributed by atoms with Gasteiger partial charge in [-0.1, -0.05) is 12.1 Å². The molecule has 8 heteroatoms. The minimum absolute atomic E-state index is 0.0402. The molecule has 0 aliphatic heterocycles. The van der Waals surface area contributed by atoms with Crippen molar-refractivity contribution in [2.45, 2.75) is 26.6 Å². The van der Waals surface area contributed by atoms with Gasteiger partial charge in [-0.3, -0.25) is 9.36 Å². The Morgan fingerprint density at radius 1 is 1.20 bits per heavy atom. The molecule has 0 radical (unpaired) electrons. The largest absolute Gasteiger partial charge is 0.416 e. The van der Waals surface area contributed by atoms with Gasteiger partial charge in [-0.2, -0.15) is 18.2 Å². The van der Waals surface area contributed by atoms with Gasteiger partial charge in [-0.05, 0) is 37.6 Å². The molecule has 2 heterocycles. The Morgan fingerprint density at radius 2 is 1.92 bits per heavy atom. The zero-order valence-electron chi connectivity index (χ0n) is 13.6. The van der Waals surface area contributed by atoms with Gasteiger partial charge in [0.1, 0.15) is 5.65 Å². The molecule has 3 rings (SSSR count). The van der Waals surface area contributed by atoms with Crippen LogP contribution in [-0.2, 0) is 12.7 Å². The minimum atomic E-state index is -4.48. The van der Waals surface area contributed by atoms with Crippen LogP contribution in [0.25, 0.3) is 22.2 Å². The fraction of sp³-hybridized carbons (Fsp3) is 0.235. The van der Waals surface area contributed by atoms with Crippen molar-refractivity contribution < 1.29 is 13.2 Å². The summed E-state index contributed by atoms with van der Waals surface area (Å²) in [7, 11) is 0. The lowest BCUT2D eigenvalue weighted by Crippen LogP contribution is -2.23. The van der Waals surface area contributed by atoms with Gasteiger partial charge in [0, 0.05) is 17.5 Å². The number of rotatable bonds is 2. The van der Waals surface area contributed by atoms with Crippen molar-refractivity contribution in [2.24, 2.45) is 0 Å². The number of pyridine rings is 1. The third-order valence-corrected chi connectivity index (χ3v) is 3.97. The van der Waals surface area contributed by atoms with Crippen LogP contribution in [-0.4, -0.2) is 14.5 Å². The lowest BCUT2D eigenvalue weighted by molar-refractivity contribution is -0.137. The fourth-order valence-corrected chi connectivity index (χ4v) is 2.77. The molecule has 0 unspecified atom stereocenters. The highest BCUT2D eigenvalue weighted by Crippen LogP contribution is 2.32. The number of hydrogen-bond donors (Lipinski definition) is 1. The maximum absolute atomic E-state index is 13.0. The summed E-state index contributed by atoms with van der Waals surface area (Å²) in [5.41, 5.74) is 5.70. The zero-order valence-corrected chi connectivity index (χ0v) is 13.6. The first-order valence-electron chi connectivity index (χ1n) is 7.57. The molecule has 2 aromatic heterocycles. The molecule has 130 valence electrons. The van der Waals surface area contributed by atoms with Crippen molar-refractivity contribution in [3.63, 3.8) is 0 Å². The van der Waals surface area contributed by atoms with E-state index in [1.807, 2.05) is 0 Å². The standard InChI is InChI=1S/C17H15F3N4O/c1-3-24-14-12(9(2)22-16(21)23-14)8-13(15(24)25)10-5-4-6-11(7-10)17(18,19)20/h4-8H,3H2,1-2H3,(H2,21,22,23). The second-order valence-corrected chi connectivity index (χ2v) is 5.59. The maximum Gasteiger partial charge on any atom is 0.416 e. The summed E-state index contributed by atoms with van der Waals surface area (Å²) < 4.78 is 40.3. The average molecular weight is 348 g/mol. The molecule has 0 atom stereocenters. The lowest BCUT2D eigenvalue weighted by Gasteiger charge is -2.13. The SMILES string of the molecule is CCn1c(=O)c(-c2cccc(C(F)(F)F)c2)cc2c(C)nc(N)nc21. The molecule has 0 fully saturated rings. The Balaban J connectivity index is 2.35. The highest BCUT2D eigenvalue weighted by atomic mass is 19.4. The Hall–Kier alpha value is -2.90. The number of alkyl halides is 3. The van der Waals surface area contributed by atoms with E-state index < -0.39 is 17.3 Å². The predicted octanol–water partition coefficient (Wildman–Crippen LogP) is 3.39. The van der Waals surface area contributed by atoms with Gasteiger partial charge < -0.3 is 5.73 Å². The van der Waals surface area contributed by atoms with E-state index in [4.69, 9.17) is 5.73 Å². The quantitative estimate of drug-likeness (QED) is 0.770. The van der Waals surface area contributed by atoms with E-state index in [2.05, 4.69) is 9.97 Å². The topological polar surface area (TPSA) is 73.8 Å². The van der Waals surface area contributed by atoms with Crippen molar-refractivity contribution >= 4 is 17.0 Å². The van der Waals surface area contributed by atoms with Gasteiger partial charge in [0.2, 0.25) is 5.95 Å². The van der Waals surface area contributed by atoms with Crippen LogP contribution in [0.4, 0.5) is 19.1 Å². The fourth-order valence-electron chi connectivity index (χ4n) is 2.77. The maximum atomic E-state index is 13.0. The highest BCUT2D eigenvalue weighted by Gasteiger charge is 2.30. The molecule has 0 saturated carbocycles. The van der Waals surface area contributed by atoms with E-state index in [0.717, 1.165) is 12.1 Å². The highest BCUT2D eigenvalue weighted by molar-refractivity contribution is 5.84. The summed E-state index contributed by atoms with van der Waals surface area (Å²) in [6.07, 6.45) is -4.48. The number of nitrogen functional groups attached to an aromatic ring is 1. The van der Waals surface area contributed by atoms with E-state index in [0.29, 0.717) is 23.3 Å². The van der Waals surface area contributed by atoms with E-state index >= 15 is 0 Å². The molecular formula is C17H15F3N4O. The molecule has 0 bridgehead atoms. The van der Waals surface area contributed by atoms with Gasteiger partial charge in [-0.25, -0.2) is 4.98 Å². The summed E-state index contributed by atoms with van der Waals surface area (Å²) in [4.78, 5) is 21.0. The van der Waals surface area contributed by atoms with E-state index in [9.17, 15) is 18.0 Å². The summed E-state index contributed by atoms with van der Waals surface area (Å²) >= 11 is 0. The monoisotopic (exact) mass is 348 g/mol. The number of nitrogens with zero attached hydrogens (tertiary/aromatic N) is 3. The van der Waals surface area contributed by atoms with E-state index in [1.165, 1.54) is 22.8 Å². The number of halogens is 3. The Labute approximate surface area is 140 Å². The third kappa shape index (κ3) is 2.95. The molecule has 5 nitrogen and oxygen atoms in total. The van der Waals surface area contributed by atoms with Gasteiger partial charge in [0.25, 0.3) is 5.56 Å². The van der Waals surface area contributed by atoms with Crippen LogP contribution in [0.1, 0.15) is 18.2 Å². The zero-order chi connectivity index (χ0) is 18.4. The van der Waals surface area contributed by atoms with Crippen LogP contribution in [0, 0.1) is 6.92 Å². The molecule has 0 amide bonds. The third-order valence-electron chi connectivity index (χ3n) is 3.97. The molecule has 0 aliphatic carbocycles. The second kappa shape index (κ2) is 5.87. The summed E-state index contributed by atoms with van der Waals surface area (Å²) in [5.74, 6) is 0.0402.